The summed E-state index contributed by atoms with van der Waals surface area (Å²) in [6.07, 6.45) is -0.565. The van der Waals surface area contributed by atoms with E-state index in [2.05, 4.69) is 0 Å². The summed E-state index contributed by atoms with van der Waals surface area (Å²) >= 11 is 0. The van der Waals surface area contributed by atoms with Crippen molar-refractivity contribution >= 4 is 5.97 Å². The van der Waals surface area contributed by atoms with Gasteiger partial charge in [-0.3, -0.25) is 0 Å². The summed E-state index contributed by atoms with van der Waals surface area (Å²) in [4.78, 5) is 10.6. The van der Waals surface area contributed by atoms with Gasteiger partial charge in [0.15, 0.2) is 6.10 Å². The third-order valence-corrected chi connectivity index (χ3v) is 1.74. The number of rotatable bonds is 4. The summed E-state index contributed by atoms with van der Waals surface area (Å²) in [5.74, 6) is 0.429. The van der Waals surface area contributed by atoms with E-state index in [9.17, 15) is 4.79 Å². The van der Waals surface area contributed by atoms with Gasteiger partial charge in [0, 0.05) is 13.5 Å². The number of carboxylic acids is 1. The molecule has 1 heterocycles. The summed E-state index contributed by atoms with van der Waals surface area (Å²) in [6, 6.07) is 3.55. The third-order valence-electron chi connectivity index (χ3n) is 1.74. The Hall–Kier alpha value is -1.29. The van der Waals surface area contributed by atoms with Crippen LogP contribution in [0.25, 0.3) is 0 Å². The molecule has 72 valence electrons. The normalized spacial score (nSPS) is 12.8. The Morgan fingerprint density at radius 1 is 1.69 bits per heavy atom. The molecule has 1 atom stereocenters. The molecule has 1 aromatic rings. The summed E-state index contributed by atoms with van der Waals surface area (Å²) in [6.45, 7) is 1.81. The Kier molecular flexibility index (Phi) is 3.08. The first-order valence-corrected chi connectivity index (χ1v) is 3.94. The summed E-state index contributed by atoms with van der Waals surface area (Å²) < 4.78 is 9.99. The molecule has 0 saturated heterocycles. The Balaban J connectivity index is 2.61. The molecule has 1 aromatic heterocycles. The highest BCUT2D eigenvalue weighted by molar-refractivity contribution is 5.72. The maximum Gasteiger partial charge on any atom is 0.333 e. The molecule has 0 bridgehead atoms. The van der Waals surface area contributed by atoms with Crippen LogP contribution in [0.4, 0.5) is 0 Å². The van der Waals surface area contributed by atoms with Crippen LogP contribution in [0.2, 0.25) is 0 Å². The first-order valence-electron chi connectivity index (χ1n) is 3.94. The zero-order valence-corrected chi connectivity index (χ0v) is 7.61. The number of methoxy groups -OCH3 is 1. The van der Waals surface area contributed by atoms with Crippen molar-refractivity contribution in [1.82, 2.24) is 0 Å². The quantitative estimate of drug-likeness (QED) is 0.764. The number of furan rings is 1. The fraction of sp³-hybridized carbons (Fsp3) is 0.444. The molecule has 0 aliphatic rings. The molecule has 0 aliphatic carbocycles. The number of hydrogen-bond donors (Lipinski definition) is 1. The van der Waals surface area contributed by atoms with E-state index in [0.29, 0.717) is 5.76 Å². The molecule has 4 heteroatoms. The lowest BCUT2D eigenvalue weighted by atomic mass is 10.2. The average molecular weight is 184 g/mol. The minimum Gasteiger partial charge on any atom is -0.479 e. The Morgan fingerprint density at radius 2 is 2.38 bits per heavy atom. The van der Waals surface area contributed by atoms with Crippen molar-refractivity contribution in [2.24, 2.45) is 0 Å². The van der Waals surface area contributed by atoms with Crippen molar-refractivity contribution in [1.29, 1.82) is 0 Å². The fourth-order valence-corrected chi connectivity index (χ4v) is 1.05. The maximum atomic E-state index is 10.6. The number of ether oxygens (including phenoxy) is 1. The van der Waals surface area contributed by atoms with Crippen molar-refractivity contribution in [2.75, 3.05) is 7.11 Å². The van der Waals surface area contributed by atoms with Gasteiger partial charge >= 0.3 is 5.97 Å². The Morgan fingerprint density at radius 3 is 2.77 bits per heavy atom. The molecule has 13 heavy (non-hydrogen) atoms. The highest BCUT2D eigenvalue weighted by atomic mass is 16.5. The highest BCUT2D eigenvalue weighted by Gasteiger charge is 2.18. The second kappa shape index (κ2) is 4.09. The zero-order valence-electron chi connectivity index (χ0n) is 7.61. The van der Waals surface area contributed by atoms with Crippen molar-refractivity contribution in [3.8, 4) is 0 Å². The monoisotopic (exact) mass is 184 g/mol. The minimum absolute atomic E-state index is 0.264. The number of aliphatic carboxylic acids is 1. The van der Waals surface area contributed by atoms with E-state index in [4.69, 9.17) is 14.3 Å². The Bertz CT molecular complexity index is 290. The molecule has 0 amide bonds. The number of carbonyl (C=O) groups is 1. The van der Waals surface area contributed by atoms with Crippen LogP contribution in [-0.4, -0.2) is 24.3 Å². The van der Waals surface area contributed by atoms with Crippen molar-refractivity contribution in [3.63, 3.8) is 0 Å². The number of aryl methyl sites for hydroxylation is 1. The maximum absolute atomic E-state index is 10.6. The van der Waals surface area contributed by atoms with Crippen molar-refractivity contribution in [2.45, 2.75) is 19.4 Å². The predicted molar refractivity (Wildman–Crippen MR) is 45.6 cm³/mol. The second-order valence-corrected chi connectivity index (χ2v) is 2.78. The molecule has 4 nitrogen and oxygen atoms in total. The zero-order chi connectivity index (χ0) is 9.84. The third kappa shape index (κ3) is 2.59. The van der Waals surface area contributed by atoms with Crippen LogP contribution < -0.4 is 0 Å². The van der Waals surface area contributed by atoms with Gasteiger partial charge in [-0.15, -0.1) is 0 Å². The fourth-order valence-electron chi connectivity index (χ4n) is 1.05. The van der Waals surface area contributed by atoms with Crippen molar-refractivity contribution < 1.29 is 19.1 Å². The van der Waals surface area contributed by atoms with E-state index in [1.807, 2.05) is 6.92 Å². The van der Waals surface area contributed by atoms with Gasteiger partial charge < -0.3 is 14.3 Å². The standard InChI is InChI=1S/C9H12O4/c1-6-3-4-7(13-6)5-8(12-2)9(10)11/h3-4,8H,5H2,1-2H3,(H,10,11). The molecule has 0 radical (unpaired) electrons. The summed E-state index contributed by atoms with van der Waals surface area (Å²) in [7, 11) is 1.37. The Labute approximate surface area is 76.1 Å². The molecule has 0 fully saturated rings. The first-order chi connectivity index (χ1) is 6.13. The predicted octanol–water partition coefficient (Wildman–Crippen LogP) is 1.23. The van der Waals surface area contributed by atoms with E-state index in [1.165, 1.54) is 7.11 Å². The lowest BCUT2D eigenvalue weighted by Gasteiger charge is -2.07. The van der Waals surface area contributed by atoms with Crippen LogP contribution in [0.3, 0.4) is 0 Å². The minimum atomic E-state index is -0.975. The van der Waals surface area contributed by atoms with Crippen LogP contribution in [0.1, 0.15) is 11.5 Å². The molecule has 1 unspecified atom stereocenters. The lowest BCUT2D eigenvalue weighted by molar-refractivity contribution is -0.148. The summed E-state index contributed by atoms with van der Waals surface area (Å²) in [5, 5.41) is 8.67. The van der Waals surface area contributed by atoms with E-state index in [0.717, 1.165) is 5.76 Å². The van der Waals surface area contributed by atoms with Gasteiger partial charge in [0.1, 0.15) is 11.5 Å². The van der Waals surface area contributed by atoms with Gasteiger partial charge in [0.25, 0.3) is 0 Å². The number of hydrogen-bond acceptors (Lipinski definition) is 3. The topological polar surface area (TPSA) is 59.7 Å². The molecule has 0 aliphatic heterocycles. The lowest BCUT2D eigenvalue weighted by Crippen LogP contribution is -2.24. The molecule has 0 saturated carbocycles. The second-order valence-electron chi connectivity index (χ2n) is 2.78. The number of carboxylic acid groups (broad SMARTS) is 1. The highest BCUT2D eigenvalue weighted by Crippen LogP contribution is 2.10. The van der Waals surface area contributed by atoms with E-state index in [-0.39, 0.29) is 6.42 Å². The first kappa shape index (κ1) is 9.80. The molecule has 1 rings (SSSR count). The van der Waals surface area contributed by atoms with Crippen LogP contribution in [-0.2, 0) is 16.0 Å². The van der Waals surface area contributed by atoms with E-state index in [1.54, 1.807) is 12.1 Å². The van der Waals surface area contributed by atoms with Crippen LogP contribution >= 0.6 is 0 Å². The van der Waals surface area contributed by atoms with E-state index >= 15 is 0 Å². The van der Waals surface area contributed by atoms with Gasteiger partial charge in [-0.2, -0.15) is 0 Å². The molecule has 0 aromatic carbocycles. The molecular weight excluding hydrogens is 172 g/mol. The van der Waals surface area contributed by atoms with Crippen LogP contribution in [0, 0.1) is 6.92 Å². The van der Waals surface area contributed by atoms with Crippen molar-refractivity contribution in [3.05, 3.63) is 23.7 Å². The van der Waals surface area contributed by atoms with Crippen LogP contribution in [0.15, 0.2) is 16.5 Å². The molecule has 1 N–H and O–H groups in total. The van der Waals surface area contributed by atoms with Gasteiger partial charge in [-0.25, -0.2) is 4.79 Å². The largest absolute Gasteiger partial charge is 0.479 e. The SMILES string of the molecule is COC(Cc1ccc(C)o1)C(=O)O. The average Bonchev–Trinajstić information content (AvgIpc) is 2.46. The smallest absolute Gasteiger partial charge is 0.333 e. The van der Waals surface area contributed by atoms with E-state index < -0.39 is 12.1 Å². The van der Waals surface area contributed by atoms with Crippen LogP contribution in [0.5, 0.6) is 0 Å². The van der Waals surface area contributed by atoms with Gasteiger partial charge in [0.2, 0.25) is 0 Å². The van der Waals surface area contributed by atoms with Gasteiger partial charge in [0.05, 0.1) is 0 Å². The summed E-state index contributed by atoms with van der Waals surface area (Å²) in [5.41, 5.74) is 0. The van der Waals surface area contributed by atoms with Gasteiger partial charge in [-0.05, 0) is 19.1 Å². The van der Waals surface area contributed by atoms with Gasteiger partial charge in [-0.1, -0.05) is 0 Å². The molecule has 0 spiro atoms. The molecular formula is C9H12O4.